The summed E-state index contributed by atoms with van der Waals surface area (Å²) in [7, 11) is 0. The van der Waals surface area contributed by atoms with E-state index >= 15 is 0 Å². The van der Waals surface area contributed by atoms with Crippen molar-refractivity contribution in [3.8, 4) is 17.3 Å². The topological polar surface area (TPSA) is 105 Å². The van der Waals surface area contributed by atoms with Gasteiger partial charge in [0.25, 0.3) is 0 Å². The second-order valence-corrected chi connectivity index (χ2v) is 9.22. The zero-order chi connectivity index (χ0) is 23.2. The average molecular weight is 442 g/mol. The van der Waals surface area contributed by atoms with Gasteiger partial charge < -0.3 is 5.11 Å². The van der Waals surface area contributed by atoms with Gasteiger partial charge in [-0.2, -0.15) is 10.4 Å². The fourth-order valence-corrected chi connectivity index (χ4v) is 6.05. The van der Waals surface area contributed by atoms with Crippen molar-refractivity contribution in [2.24, 2.45) is 17.8 Å². The standard InChI is InChI=1S/C26H27N5O2/c1-16-22-9-8-21-23(19-14-28-31(15-19)10-11-32)29-17(2)30-25(21)26(22,12-18(13-27)24(16)33)20-6-4-3-5-7-20/h3-7,14-16,18,22,32H,8-12H2,1-2H3/t16-,18?,22-,26+/m0/s1. The van der Waals surface area contributed by atoms with E-state index < -0.39 is 11.3 Å². The molecule has 168 valence electrons. The molecule has 2 aromatic heterocycles. The van der Waals surface area contributed by atoms with Crippen LogP contribution in [0.15, 0.2) is 42.7 Å². The molecule has 0 bridgehead atoms. The first-order valence-electron chi connectivity index (χ1n) is 11.5. The van der Waals surface area contributed by atoms with E-state index in [-0.39, 0.29) is 24.2 Å². The lowest BCUT2D eigenvalue weighted by Gasteiger charge is -2.51. The molecule has 3 aromatic rings. The Hall–Kier alpha value is -3.37. The van der Waals surface area contributed by atoms with E-state index in [1.165, 1.54) is 0 Å². The number of aliphatic hydroxyl groups is 1. The quantitative estimate of drug-likeness (QED) is 0.666. The van der Waals surface area contributed by atoms with E-state index in [4.69, 9.17) is 9.97 Å². The van der Waals surface area contributed by atoms with Crippen molar-refractivity contribution < 1.29 is 9.90 Å². The molecule has 7 heteroatoms. The Kier molecular flexibility index (Phi) is 5.34. The first-order valence-corrected chi connectivity index (χ1v) is 11.5. The van der Waals surface area contributed by atoms with Crippen LogP contribution >= 0.6 is 0 Å². The molecule has 5 rings (SSSR count). The molecule has 2 heterocycles. The number of hydrogen-bond donors (Lipinski definition) is 1. The first-order chi connectivity index (χ1) is 16.0. The molecule has 4 atom stereocenters. The number of aliphatic hydroxyl groups excluding tert-OH is 1. The molecule has 0 saturated heterocycles. The predicted octanol–water partition coefficient (Wildman–Crippen LogP) is 3.24. The summed E-state index contributed by atoms with van der Waals surface area (Å²) in [5.74, 6) is -0.0959. The van der Waals surface area contributed by atoms with Crippen molar-refractivity contribution >= 4 is 5.78 Å². The Morgan fingerprint density at radius 1 is 1.27 bits per heavy atom. The monoisotopic (exact) mass is 441 g/mol. The predicted molar refractivity (Wildman–Crippen MR) is 122 cm³/mol. The molecular weight excluding hydrogens is 414 g/mol. The number of benzene rings is 1. The zero-order valence-corrected chi connectivity index (χ0v) is 18.9. The van der Waals surface area contributed by atoms with Crippen molar-refractivity contribution in [3.63, 3.8) is 0 Å². The largest absolute Gasteiger partial charge is 0.394 e. The number of hydrogen-bond acceptors (Lipinski definition) is 6. The summed E-state index contributed by atoms with van der Waals surface area (Å²) in [4.78, 5) is 22.8. The smallest absolute Gasteiger partial charge is 0.153 e. The number of aryl methyl sites for hydroxylation is 1. The van der Waals surface area contributed by atoms with Gasteiger partial charge in [-0.3, -0.25) is 9.48 Å². The Morgan fingerprint density at radius 3 is 2.79 bits per heavy atom. The Morgan fingerprint density at radius 2 is 2.06 bits per heavy atom. The van der Waals surface area contributed by atoms with Crippen LogP contribution in [0.1, 0.15) is 42.4 Å². The number of ketones is 1. The van der Waals surface area contributed by atoms with Gasteiger partial charge in [-0.15, -0.1) is 0 Å². The number of aromatic nitrogens is 4. The van der Waals surface area contributed by atoms with Crippen LogP contribution < -0.4 is 0 Å². The van der Waals surface area contributed by atoms with Gasteiger partial charge in [0, 0.05) is 28.7 Å². The lowest BCUT2D eigenvalue weighted by molar-refractivity contribution is -0.131. The molecule has 33 heavy (non-hydrogen) atoms. The molecule has 0 amide bonds. The Balaban J connectivity index is 1.77. The summed E-state index contributed by atoms with van der Waals surface area (Å²) in [6, 6.07) is 12.5. The molecule has 7 nitrogen and oxygen atoms in total. The maximum Gasteiger partial charge on any atom is 0.153 e. The van der Waals surface area contributed by atoms with Crippen LogP contribution in [0.5, 0.6) is 0 Å². The third kappa shape index (κ3) is 3.28. The number of fused-ring (bicyclic) bond motifs is 3. The SMILES string of the molecule is Cc1nc(-c2cnn(CCO)c2)c2c(n1)[C@@]1(c3ccccc3)CC(C#N)C(=O)[C@@H](C)[C@@H]1CC2. The highest BCUT2D eigenvalue weighted by atomic mass is 16.3. The maximum absolute atomic E-state index is 13.0. The molecular formula is C26H27N5O2. The molecule has 1 fully saturated rings. The van der Waals surface area contributed by atoms with E-state index in [2.05, 4.69) is 23.3 Å². The molecule has 1 N–H and O–H groups in total. The molecule has 0 radical (unpaired) electrons. The first kappa shape index (κ1) is 21.5. The van der Waals surface area contributed by atoms with Crippen molar-refractivity contribution in [1.29, 1.82) is 5.26 Å². The number of nitriles is 1. The van der Waals surface area contributed by atoms with Gasteiger partial charge in [0.2, 0.25) is 0 Å². The number of carbonyl (C=O) groups is 1. The van der Waals surface area contributed by atoms with Crippen LogP contribution in [0, 0.1) is 36.0 Å². The van der Waals surface area contributed by atoms with E-state index in [0.29, 0.717) is 18.8 Å². The van der Waals surface area contributed by atoms with Crippen LogP contribution in [0.4, 0.5) is 0 Å². The molecule has 2 aliphatic rings. The summed E-state index contributed by atoms with van der Waals surface area (Å²) in [6.07, 6.45) is 5.73. The Labute approximate surface area is 193 Å². The van der Waals surface area contributed by atoms with E-state index in [0.717, 1.165) is 40.9 Å². The third-order valence-electron chi connectivity index (χ3n) is 7.48. The minimum atomic E-state index is -0.659. The number of nitrogens with zero attached hydrogens (tertiary/aromatic N) is 5. The molecule has 1 aromatic carbocycles. The summed E-state index contributed by atoms with van der Waals surface area (Å²) >= 11 is 0. The van der Waals surface area contributed by atoms with Crippen LogP contribution in [0.2, 0.25) is 0 Å². The highest BCUT2D eigenvalue weighted by Crippen LogP contribution is 2.56. The van der Waals surface area contributed by atoms with Crippen molar-refractivity contribution in [2.75, 3.05) is 6.61 Å². The molecule has 0 aliphatic heterocycles. The Bertz CT molecular complexity index is 1250. The van der Waals surface area contributed by atoms with E-state index in [1.54, 1.807) is 10.9 Å². The van der Waals surface area contributed by atoms with Crippen molar-refractivity contribution in [2.45, 2.75) is 45.1 Å². The fraction of sp³-hybridized carbons (Fsp3) is 0.423. The summed E-state index contributed by atoms with van der Waals surface area (Å²) in [5.41, 5.74) is 4.35. The normalized spacial score (nSPS) is 26.4. The molecule has 1 unspecified atom stereocenters. The summed E-state index contributed by atoms with van der Waals surface area (Å²) in [5, 5.41) is 23.5. The number of rotatable bonds is 4. The van der Waals surface area contributed by atoms with E-state index in [1.807, 2.05) is 38.2 Å². The van der Waals surface area contributed by atoms with Crippen molar-refractivity contribution in [1.82, 2.24) is 19.7 Å². The van der Waals surface area contributed by atoms with Crippen LogP contribution in [-0.4, -0.2) is 37.2 Å². The van der Waals surface area contributed by atoms with Gasteiger partial charge in [0.05, 0.1) is 36.8 Å². The van der Waals surface area contributed by atoms with Gasteiger partial charge in [-0.25, -0.2) is 9.97 Å². The third-order valence-corrected chi connectivity index (χ3v) is 7.48. The molecule has 1 saturated carbocycles. The van der Waals surface area contributed by atoms with Gasteiger partial charge in [0.15, 0.2) is 5.78 Å². The highest BCUT2D eigenvalue weighted by Gasteiger charge is 2.56. The molecule has 0 spiro atoms. The fourth-order valence-electron chi connectivity index (χ4n) is 6.05. The van der Waals surface area contributed by atoms with Gasteiger partial charge in [-0.1, -0.05) is 37.3 Å². The lowest BCUT2D eigenvalue weighted by atomic mass is 9.51. The molecule has 2 aliphatic carbocycles. The van der Waals surface area contributed by atoms with Crippen LogP contribution in [0.25, 0.3) is 11.3 Å². The van der Waals surface area contributed by atoms with Gasteiger partial charge in [-0.05, 0) is 37.7 Å². The number of Topliss-reactive ketones (excluding diaryl/α,β-unsaturated/α-hetero) is 1. The van der Waals surface area contributed by atoms with Crippen molar-refractivity contribution in [3.05, 3.63) is 65.4 Å². The minimum absolute atomic E-state index is 0.0162. The van der Waals surface area contributed by atoms with E-state index in [9.17, 15) is 15.2 Å². The number of carbonyl (C=O) groups excluding carboxylic acids is 1. The second-order valence-electron chi connectivity index (χ2n) is 9.22. The highest BCUT2D eigenvalue weighted by molar-refractivity contribution is 5.87. The van der Waals surface area contributed by atoms with Gasteiger partial charge in [0.1, 0.15) is 11.7 Å². The zero-order valence-electron chi connectivity index (χ0n) is 18.9. The maximum atomic E-state index is 13.0. The lowest BCUT2D eigenvalue weighted by Crippen LogP contribution is -2.53. The summed E-state index contributed by atoms with van der Waals surface area (Å²) in [6.45, 7) is 4.31. The minimum Gasteiger partial charge on any atom is -0.394 e. The second kappa shape index (κ2) is 8.20. The van der Waals surface area contributed by atoms with Crippen LogP contribution in [0.3, 0.4) is 0 Å². The van der Waals surface area contributed by atoms with Gasteiger partial charge >= 0.3 is 0 Å². The summed E-state index contributed by atoms with van der Waals surface area (Å²) < 4.78 is 1.71. The van der Waals surface area contributed by atoms with Crippen LogP contribution in [-0.2, 0) is 23.2 Å². The average Bonchev–Trinajstić information content (AvgIpc) is 3.30.